The molecule has 0 N–H and O–H groups in total. The van der Waals surface area contributed by atoms with Crippen LogP contribution in [0, 0.1) is 6.92 Å². The number of carbonyl (C=O) groups excluding carboxylic acids is 1. The van der Waals surface area contributed by atoms with E-state index in [1.807, 2.05) is 19.1 Å². The predicted molar refractivity (Wildman–Crippen MR) is 54.3 cm³/mol. The molecule has 2 rings (SSSR count). The third kappa shape index (κ3) is 4.30. The van der Waals surface area contributed by atoms with Gasteiger partial charge in [0.15, 0.2) is 12.0 Å². The molecular weight excluding hydrogens is 180 g/mol. The normalized spacial score (nSPS) is 8.07. The minimum absolute atomic E-state index is 0. The van der Waals surface area contributed by atoms with E-state index in [1.165, 1.54) is 6.26 Å². The Morgan fingerprint density at radius 2 is 1.79 bits per heavy atom. The number of aryl methyl sites for hydroxylation is 1. The summed E-state index contributed by atoms with van der Waals surface area (Å²) in [4.78, 5) is 9.77. The lowest BCUT2D eigenvalue weighted by Crippen LogP contribution is -1.65. The first-order valence-electron chi connectivity index (χ1n) is 3.81. The van der Waals surface area contributed by atoms with E-state index in [1.54, 1.807) is 18.4 Å². The quantitative estimate of drug-likeness (QED) is 0.654. The van der Waals surface area contributed by atoms with Crippen LogP contribution in [0.3, 0.4) is 0 Å². The fourth-order valence-electron chi connectivity index (χ4n) is 0.719. The number of rotatable bonds is 1. The van der Waals surface area contributed by atoms with Crippen molar-refractivity contribution in [1.29, 1.82) is 0 Å². The molecule has 0 saturated heterocycles. The van der Waals surface area contributed by atoms with Crippen molar-refractivity contribution in [2.75, 3.05) is 0 Å². The third-order valence-corrected chi connectivity index (χ3v) is 1.32. The molecule has 0 aliphatic heterocycles. The van der Waals surface area contributed by atoms with E-state index < -0.39 is 0 Å². The molecule has 0 aromatic carbocycles. The lowest BCUT2D eigenvalue weighted by atomic mass is 10.5. The van der Waals surface area contributed by atoms with Gasteiger partial charge in [0.2, 0.25) is 0 Å². The Labute approximate surface area is 83.3 Å². The first kappa shape index (κ1) is 12.2. The van der Waals surface area contributed by atoms with Gasteiger partial charge >= 0.3 is 0 Å². The van der Waals surface area contributed by atoms with E-state index in [0.29, 0.717) is 12.0 Å². The van der Waals surface area contributed by atoms with Gasteiger partial charge < -0.3 is 8.83 Å². The van der Waals surface area contributed by atoms with Crippen molar-refractivity contribution in [3.8, 4) is 0 Å². The SMILES string of the molecule is C.Cc1ccco1.O=Cc1ccco1. The molecule has 0 aliphatic carbocycles. The maximum absolute atomic E-state index is 9.77. The molecule has 0 fully saturated rings. The van der Waals surface area contributed by atoms with Crippen LogP contribution in [0.15, 0.2) is 45.6 Å². The molecule has 2 heterocycles. The number of furan rings is 2. The lowest BCUT2D eigenvalue weighted by Gasteiger charge is -1.69. The lowest BCUT2D eigenvalue weighted by molar-refractivity contribution is 0.110. The highest BCUT2D eigenvalue weighted by Gasteiger charge is 1.84. The Morgan fingerprint density at radius 1 is 1.14 bits per heavy atom. The number of carbonyl (C=O) groups is 1. The standard InChI is InChI=1S/C5H4O2.C5H6O.CH4/c6-4-5-2-1-3-7-5;1-5-3-2-4-6-5;/h1-4H;2-4H,1H3;1H4. The fourth-order valence-corrected chi connectivity index (χ4v) is 0.719. The molecule has 0 spiro atoms. The summed E-state index contributed by atoms with van der Waals surface area (Å²) in [6.45, 7) is 1.92. The second-order valence-electron chi connectivity index (χ2n) is 2.36. The van der Waals surface area contributed by atoms with E-state index in [2.05, 4.69) is 4.42 Å². The molecule has 0 unspecified atom stereocenters. The van der Waals surface area contributed by atoms with Crippen molar-refractivity contribution in [1.82, 2.24) is 0 Å². The topological polar surface area (TPSA) is 43.4 Å². The Bertz CT molecular complexity index is 319. The highest BCUT2D eigenvalue weighted by molar-refractivity contribution is 5.69. The van der Waals surface area contributed by atoms with Gasteiger partial charge in [-0.2, -0.15) is 0 Å². The van der Waals surface area contributed by atoms with Crippen LogP contribution in [0.25, 0.3) is 0 Å². The Morgan fingerprint density at radius 3 is 2.00 bits per heavy atom. The Balaban J connectivity index is 0.000000227. The maximum Gasteiger partial charge on any atom is 0.185 e. The second kappa shape index (κ2) is 6.71. The molecule has 2 aromatic heterocycles. The molecule has 76 valence electrons. The summed E-state index contributed by atoms with van der Waals surface area (Å²) in [7, 11) is 0. The molecule has 3 nitrogen and oxygen atoms in total. The monoisotopic (exact) mass is 194 g/mol. The number of aldehydes is 1. The van der Waals surface area contributed by atoms with E-state index >= 15 is 0 Å². The van der Waals surface area contributed by atoms with Gasteiger partial charge in [0.05, 0.1) is 12.5 Å². The molecule has 0 saturated carbocycles. The largest absolute Gasteiger partial charge is 0.470 e. The van der Waals surface area contributed by atoms with Crippen LogP contribution >= 0.6 is 0 Å². The summed E-state index contributed by atoms with van der Waals surface area (Å²) in [6, 6.07) is 7.06. The van der Waals surface area contributed by atoms with Crippen molar-refractivity contribution in [2.45, 2.75) is 14.4 Å². The summed E-state index contributed by atoms with van der Waals surface area (Å²) < 4.78 is 9.45. The first-order valence-corrected chi connectivity index (χ1v) is 3.81. The zero-order valence-electron chi connectivity index (χ0n) is 7.27. The van der Waals surface area contributed by atoms with E-state index in [9.17, 15) is 4.79 Å². The minimum atomic E-state index is 0. The highest BCUT2D eigenvalue weighted by Crippen LogP contribution is 1.93. The number of hydrogen-bond acceptors (Lipinski definition) is 3. The van der Waals surface area contributed by atoms with E-state index in [0.717, 1.165) is 5.76 Å². The van der Waals surface area contributed by atoms with Crippen LogP contribution in [0.4, 0.5) is 0 Å². The minimum Gasteiger partial charge on any atom is -0.470 e. The Kier molecular flexibility index (Phi) is 5.87. The van der Waals surface area contributed by atoms with Gasteiger partial charge in [0.25, 0.3) is 0 Å². The third-order valence-electron chi connectivity index (χ3n) is 1.32. The van der Waals surface area contributed by atoms with Gasteiger partial charge in [-0.3, -0.25) is 4.79 Å². The maximum atomic E-state index is 9.77. The van der Waals surface area contributed by atoms with Crippen molar-refractivity contribution in [2.24, 2.45) is 0 Å². The molecule has 0 aliphatic rings. The zero-order chi connectivity index (χ0) is 9.52. The van der Waals surface area contributed by atoms with E-state index in [-0.39, 0.29) is 7.43 Å². The molecule has 3 heteroatoms. The molecule has 0 radical (unpaired) electrons. The van der Waals surface area contributed by atoms with Crippen LogP contribution in [0.5, 0.6) is 0 Å². The average Bonchev–Trinajstić information content (AvgIpc) is 2.76. The molecule has 2 aromatic rings. The summed E-state index contributed by atoms with van der Waals surface area (Å²) in [5, 5.41) is 0. The van der Waals surface area contributed by atoms with Crippen LogP contribution in [-0.2, 0) is 0 Å². The van der Waals surface area contributed by atoms with Gasteiger partial charge in [-0.1, -0.05) is 7.43 Å². The Hall–Kier alpha value is -1.77. The predicted octanol–water partition coefficient (Wildman–Crippen LogP) is 3.32. The van der Waals surface area contributed by atoms with Gasteiger partial charge in [0, 0.05) is 0 Å². The first-order chi connectivity index (χ1) is 6.33. The zero-order valence-corrected chi connectivity index (χ0v) is 7.27. The van der Waals surface area contributed by atoms with Crippen molar-refractivity contribution in [3.05, 3.63) is 48.3 Å². The highest BCUT2D eigenvalue weighted by atomic mass is 16.3. The van der Waals surface area contributed by atoms with Crippen LogP contribution in [-0.4, -0.2) is 6.29 Å². The van der Waals surface area contributed by atoms with Crippen LogP contribution in [0.1, 0.15) is 23.7 Å². The molecule has 0 amide bonds. The molecular formula is C11H14O3. The fraction of sp³-hybridized carbons (Fsp3) is 0.182. The smallest absolute Gasteiger partial charge is 0.185 e. The van der Waals surface area contributed by atoms with Crippen molar-refractivity contribution < 1.29 is 13.6 Å². The number of hydrogen-bond donors (Lipinski definition) is 0. The molecule has 0 atom stereocenters. The second-order valence-corrected chi connectivity index (χ2v) is 2.36. The summed E-state index contributed by atoms with van der Waals surface area (Å²) in [5.41, 5.74) is 0. The van der Waals surface area contributed by atoms with Gasteiger partial charge in [-0.25, -0.2) is 0 Å². The summed E-state index contributed by atoms with van der Waals surface area (Å²) in [5.74, 6) is 1.34. The summed E-state index contributed by atoms with van der Waals surface area (Å²) >= 11 is 0. The molecule has 0 bridgehead atoms. The van der Waals surface area contributed by atoms with Crippen LogP contribution < -0.4 is 0 Å². The molecule has 14 heavy (non-hydrogen) atoms. The summed E-state index contributed by atoms with van der Waals surface area (Å²) in [6.07, 6.45) is 3.79. The van der Waals surface area contributed by atoms with Crippen LogP contribution in [0.2, 0.25) is 0 Å². The average molecular weight is 194 g/mol. The van der Waals surface area contributed by atoms with Crippen molar-refractivity contribution in [3.63, 3.8) is 0 Å². The van der Waals surface area contributed by atoms with Gasteiger partial charge in [0.1, 0.15) is 5.76 Å². The van der Waals surface area contributed by atoms with E-state index in [4.69, 9.17) is 4.42 Å². The van der Waals surface area contributed by atoms with Crippen molar-refractivity contribution >= 4 is 6.29 Å². The van der Waals surface area contributed by atoms with Gasteiger partial charge in [-0.15, -0.1) is 0 Å². The van der Waals surface area contributed by atoms with Gasteiger partial charge in [-0.05, 0) is 31.2 Å².